The summed E-state index contributed by atoms with van der Waals surface area (Å²) in [7, 11) is 0. The van der Waals surface area contributed by atoms with Gasteiger partial charge in [-0.15, -0.1) is 0 Å². The highest BCUT2D eigenvalue weighted by Crippen LogP contribution is 2.33. The maximum absolute atomic E-state index is 14.7. The molecule has 170 valence electrons. The van der Waals surface area contributed by atoms with Crippen LogP contribution in [0.1, 0.15) is 12.8 Å². The molecule has 3 aromatic rings. The van der Waals surface area contributed by atoms with Crippen LogP contribution in [0.2, 0.25) is 5.02 Å². The lowest BCUT2D eigenvalue weighted by molar-refractivity contribution is -0.128. The summed E-state index contributed by atoms with van der Waals surface area (Å²) in [4.78, 5) is 37.7. The Bertz CT molecular complexity index is 1240. The zero-order chi connectivity index (χ0) is 23.5. The molecule has 1 heterocycles. The van der Waals surface area contributed by atoms with Crippen molar-refractivity contribution in [3.8, 4) is 5.69 Å². The van der Waals surface area contributed by atoms with Gasteiger partial charge >= 0.3 is 0 Å². The van der Waals surface area contributed by atoms with E-state index in [9.17, 15) is 18.8 Å². The molecule has 1 fully saturated rings. The van der Waals surface area contributed by atoms with Crippen LogP contribution in [0.15, 0.2) is 71.7 Å². The van der Waals surface area contributed by atoms with Gasteiger partial charge in [0.1, 0.15) is 5.82 Å². The molecule has 2 aromatic carbocycles. The highest BCUT2D eigenvalue weighted by atomic mass is 35.5. The van der Waals surface area contributed by atoms with Gasteiger partial charge in [-0.05, 0) is 55.3 Å². The summed E-state index contributed by atoms with van der Waals surface area (Å²) in [5.41, 5.74) is 6.59. The zero-order valence-electron chi connectivity index (χ0n) is 17.5. The standard InChI is InChI=1S/C24H22ClFN4O3/c25-14-4-6-16(7-5-14)28-23(32)18-11-15(27)12-19(18)24(33)29-21-9-8-17(13-20(21)26)30-10-2-1-3-22(30)31/h1-10,13,15,18-19H,11-12,27H2,(H,28,32)(H,29,33). The lowest BCUT2D eigenvalue weighted by Gasteiger charge is -2.19. The molecule has 0 aliphatic heterocycles. The van der Waals surface area contributed by atoms with Crippen molar-refractivity contribution in [2.24, 2.45) is 17.6 Å². The van der Waals surface area contributed by atoms with E-state index in [-0.39, 0.29) is 23.2 Å². The fourth-order valence-electron chi connectivity index (χ4n) is 4.05. The summed E-state index contributed by atoms with van der Waals surface area (Å²) < 4.78 is 16.0. The lowest BCUT2D eigenvalue weighted by atomic mass is 9.94. The molecule has 1 aliphatic rings. The van der Waals surface area contributed by atoms with Crippen LogP contribution >= 0.6 is 11.6 Å². The van der Waals surface area contributed by atoms with Gasteiger partial charge in [-0.3, -0.25) is 19.0 Å². The first-order valence-corrected chi connectivity index (χ1v) is 10.8. The minimum absolute atomic E-state index is 0.0370. The smallest absolute Gasteiger partial charge is 0.255 e. The molecule has 2 amide bonds. The normalized spacial score (nSPS) is 19.8. The molecule has 0 radical (unpaired) electrons. The van der Waals surface area contributed by atoms with Crippen molar-refractivity contribution in [1.29, 1.82) is 0 Å². The van der Waals surface area contributed by atoms with Crippen LogP contribution in [0.4, 0.5) is 15.8 Å². The molecule has 3 atom stereocenters. The van der Waals surface area contributed by atoms with Gasteiger partial charge in [0, 0.05) is 35.1 Å². The van der Waals surface area contributed by atoms with Gasteiger partial charge in [0.2, 0.25) is 11.8 Å². The van der Waals surface area contributed by atoms with Crippen LogP contribution in [0.5, 0.6) is 0 Å². The van der Waals surface area contributed by atoms with Crippen molar-refractivity contribution in [3.63, 3.8) is 0 Å². The second-order valence-electron chi connectivity index (χ2n) is 8.00. The zero-order valence-corrected chi connectivity index (χ0v) is 18.3. The minimum Gasteiger partial charge on any atom is -0.328 e. The molecule has 4 N–H and O–H groups in total. The number of nitrogens with zero attached hydrogens (tertiary/aromatic N) is 1. The van der Waals surface area contributed by atoms with Crippen LogP contribution in [-0.2, 0) is 9.59 Å². The molecule has 3 unspecified atom stereocenters. The predicted octanol–water partition coefficient (Wildman–Crippen LogP) is 3.56. The van der Waals surface area contributed by atoms with Gasteiger partial charge in [0.15, 0.2) is 0 Å². The average Bonchev–Trinajstić information content (AvgIpc) is 3.19. The third kappa shape index (κ3) is 5.13. The van der Waals surface area contributed by atoms with Gasteiger partial charge in [0.25, 0.3) is 5.56 Å². The second-order valence-corrected chi connectivity index (χ2v) is 8.44. The van der Waals surface area contributed by atoms with E-state index in [0.717, 1.165) is 0 Å². The highest BCUT2D eigenvalue weighted by Gasteiger charge is 2.41. The number of halogens is 2. The number of carbonyl (C=O) groups excluding carboxylic acids is 2. The maximum Gasteiger partial charge on any atom is 0.255 e. The van der Waals surface area contributed by atoms with Crippen LogP contribution < -0.4 is 21.9 Å². The summed E-state index contributed by atoms with van der Waals surface area (Å²) in [5, 5.41) is 5.89. The van der Waals surface area contributed by atoms with Gasteiger partial charge in [-0.25, -0.2) is 4.39 Å². The maximum atomic E-state index is 14.7. The van der Waals surface area contributed by atoms with Crippen molar-refractivity contribution in [3.05, 3.63) is 88.1 Å². The first kappa shape index (κ1) is 22.7. The van der Waals surface area contributed by atoms with E-state index < -0.39 is 23.6 Å². The fraction of sp³-hybridized carbons (Fsp3) is 0.208. The summed E-state index contributed by atoms with van der Waals surface area (Å²) in [6.45, 7) is 0. The Morgan fingerprint density at radius 3 is 2.27 bits per heavy atom. The molecule has 0 bridgehead atoms. The largest absolute Gasteiger partial charge is 0.328 e. The van der Waals surface area contributed by atoms with Crippen LogP contribution in [-0.4, -0.2) is 22.4 Å². The number of nitrogens with two attached hydrogens (primary N) is 1. The van der Waals surface area contributed by atoms with E-state index in [1.54, 1.807) is 36.4 Å². The number of hydrogen-bond acceptors (Lipinski definition) is 4. The van der Waals surface area contributed by atoms with Crippen molar-refractivity contribution < 1.29 is 14.0 Å². The Balaban J connectivity index is 1.48. The van der Waals surface area contributed by atoms with Crippen molar-refractivity contribution in [2.45, 2.75) is 18.9 Å². The number of amides is 2. The molecule has 33 heavy (non-hydrogen) atoms. The van der Waals surface area contributed by atoms with Gasteiger partial charge in [-0.2, -0.15) is 0 Å². The van der Waals surface area contributed by atoms with E-state index in [1.165, 1.54) is 35.0 Å². The average molecular weight is 469 g/mol. The van der Waals surface area contributed by atoms with Crippen LogP contribution in [0.25, 0.3) is 5.69 Å². The number of anilines is 2. The predicted molar refractivity (Wildman–Crippen MR) is 125 cm³/mol. The Kier molecular flexibility index (Phi) is 6.57. The molecule has 1 aliphatic carbocycles. The number of rotatable bonds is 5. The first-order chi connectivity index (χ1) is 15.8. The topological polar surface area (TPSA) is 106 Å². The molecular weight excluding hydrogens is 447 g/mol. The molecule has 9 heteroatoms. The highest BCUT2D eigenvalue weighted by molar-refractivity contribution is 6.30. The molecule has 4 rings (SSSR count). The Morgan fingerprint density at radius 1 is 0.970 bits per heavy atom. The van der Waals surface area contributed by atoms with Gasteiger partial charge in [-0.1, -0.05) is 17.7 Å². The van der Waals surface area contributed by atoms with Crippen molar-refractivity contribution in [1.82, 2.24) is 4.57 Å². The molecular formula is C24H22ClFN4O3. The number of aromatic nitrogens is 1. The lowest BCUT2D eigenvalue weighted by Crippen LogP contribution is -2.33. The number of hydrogen-bond donors (Lipinski definition) is 3. The molecule has 0 saturated heterocycles. The van der Waals surface area contributed by atoms with Gasteiger partial charge < -0.3 is 16.4 Å². The SMILES string of the molecule is NC1CC(C(=O)Nc2ccc(Cl)cc2)C(C(=O)Nc2ccc(-n3ccccc3=O)cc2F)C1. The molecule has 7 nitrogen and oxygen atoms in total. The quantitative estimate of drug-likeness (QED) is 0.532. The second kappa shape index (κ2) is 9.56. The molecule has 1 saturated carbocycles. The molecule has 0 spiro atoms. The van der Waals surface area contributed by atoms with Crippen molar-refractivity contribution >= 4 is 34.8 Å². The van der Waals surface area contributed by atoms with E-state index in [1.807, 2.05) is 0 Å². The Labute approximate surface area is 194 Å². The summed E-state index contributed by atoms with van der Waals surface area (Å²) in [6, 6.07) is 15.0. The summed E-state index contributed by atoms with van der Waals surface area (Å²) in [6.07, 6.45) is 2.18. The van der Waals surface area contributed by atoms with Crippen LogP contribution in [0.3, 0.4) is 0 Å². The van der Waals surface area contributed by atoms with E-state index in [0.29, 0.717) is 29.2 Å². The van der Waals surface area contributed by atoms with E-state index in [2.05, 4.69) is 10.6 Å². The minimum atomic E-state index is -0.705. The number of nitrogens with one attached hydrogen (secondary N) is 2. The Hall–Kier alpha value is -3.49. The van der Waals surface area contributed by atoms with Crippen LogP contribution in [0, 0.1) is 17.7 Å². The first-order valence-electron chi connectivity index (χ1n) is 10.4. The summed E-state index contributed by atoms with van der Waals surface area (Å²) in [5.74, 6) is -2.86. The number of benzene rings is 2. The van der Waals surface area contributed by atoms with Gasteiger partial charge in [0.05, 0.1) is 23.2 Å². The van der Waals surface area contributed by atoms with Crippen molar-refractivity contribution in [2.75, 3.05) is 10.6 Å². The summed E-state index contributed by atoms with van der Waals surface area (Å²) >= 11 is 5.87. The third-order valence-electron chi connectivity index (χ3n) is 5.70. The fourth-order valence-corrected chi connectivity index (χ4v) is 4.17. The third-order valence-corrected chi connectivity index (χ3v) is 5.95. The van der Waals surface area contributed by atoms with E-state index in [4.69, 9.17) is 17.3 Å². The molecule has 1 aromatic heterocycles. The van der Waals surface area contributed by atoms with E-state index >= 15 is 0 Å². The Morgan fingerprint density at radius 2 is 1.64 bits per heavy atom. The monoisotopic (exact) mass is 468 g/mol. The number of carbonyl (C=O) groups is 2. The number of pyridine rings is 1.